The van der Waals surface area contributed by atoms with Gasteiger partial charge in [-0.15, -0.1) is 0 Å². The van der Waals surface area contributed by atoms with E-state index in [1.807, 2.05) is 32.0 Å². The van der Waals surface area contributed by atoms with Gasteiger partial charge in [-0.1, -0.05) is 0 Å². The molecule has 0 saturated carbocycles. The van der Waals surface area contributed by atoms with E-state index >= 15 is 0 Å². The average molecular weight is 229 g/mol. The first-order valence-corrected chi connectivity index (χ1v) is 5.43. The van der Waals surface area contributed by atoms with Crippen LogP contribution in [0.2, 0.25) is 0 Å². The Bertz CT molecular complexity index is 488. The zero-order chi connectivity index (χ0) is 12.3. The van der Waals surface area contributed by atoms with Crippen molar-refractivity contribution in [3.05, 3.63) is 47.5 Å². The van der Waals surface area contributed by atoms with Crippen molar-refractivity contribution in [3.8, 4) is 5.75 Å². The second-order valence-corrected chi connectivity index (χ2v) is 3.92. The lowest BCUT2D eigenvalue weighted by Crippen LogP contribution is -2.03. The summed E-state index contributed by atoms with van der Waals surface area (Å²) in [5.74, 6) is 1.46. The second kappa shape index (κ2) is 4.82. The van der Waals surface area contributed by atoms with Gasteiger partial charge in [-0.2, -0.15) is 0 Å². The third kappa shape index (κ3) is 3.17. The monoisotopic (exact) mass is 229 g/mol. The highest BCUT2D eigenvalue weighted by atomic mass is 16.5. The molecule has 17 heavy (non-hydrogen) atoms. The fourth-order valence-corrected chi connectivity index (χ4v) is 1.58. The van der Waals surface area contributed by atoms with Crippen molar-refractivity contribution >= 4 is 5.69 Å². The normalized spacial score (nSPS) is 10.2. The van der Waals surface area contributed by atoms with E-state index in [0.29, 0.717) is 12.4 Å². The van der Waals surface area contributed by atoms with E-state index in [1.54, 1.807) is 12.1 Å². The predicted molar refractivity (Wildman–Crippen MR) is 66.7 cm³/mol. The van der Waals surface area contributed by atoms with Gasteiger partial charge in [-0.25, -0.2) is 9.97 Å². The van der Waals surface area contributed by atoms with Crippen LogP contribution in [-0.4, -0.2) is 9.97 Å². The molecule has 0 aliphatic carbocycles. The van der Waals surface area contributed by atoms with Gasteiger partial charge in [0.2, 0.25) is 0 Å². The van der Waals surface area contributed by atoms with Crippen LogP contribution in [0, 0.1) is 13.8 Å². The predicted octanol–water partition coefficient (Wildman–Crippen LogP) is 2.25. The smallest absolute Gasteiger partial charge is 0.166 e. The van der Waals surface area contributed by atoms with Crippen LogP contribution in [0.4, 0.5) is 5.69 Å². The van der Waals surface area contributed by atoms with E-state index in [1.165, 1.54) is 0 Å². The number of rotatable bonds is 3. The summed E-state index contributed by atoms with van der Waals surface area (Å²) >= 11 is 0. The van der Waals surface area contributed by atoms with Crippen LogP contribution in [0.5, 0.6) is 5.75 Å². The second-order valence-electron chi connectivity index (χ2n) is 3.92. The molecule has 0 fully saturated rings. The molecule has 4 nitrogen and oxygen atoms in total. The molecular formula is C13H15N3O. The standard InChI is InChI=1S/C13H15N3O/c1-9-7-10(2)16-13(15-9)8-17-12-5-3-11(14)4-6-12/h3-7H,8,14H2,1-2H3. The van der Waals surface area contributed by atoms with E-state index in [9.17, 15) is 0 Å². The van der Waals surface area contributed by atoms with Crippen molar-refractivity contribution in [3.63, 3.8) is 0 Å². The largest absolute Gasteiger partial charge is 0.486 e. The molecule has 2 aromatic rings. The lowest BCUT2D eigenvalue weighted by atomic mass is 10.3. The van der Waals surface area contributed by atoms with Gasteiger partial charge in [0.05, 0.1) is 0 Å². The van der Waals surface area contributed by atoms with Gasteiger partial charge >= 0.3 is 0 Å². The van der Waals surface area contributed by atoms with Crippen molar-refractivity contribution in [2.45, 2.75) is 20.5 Å². The molecule has 4 heteroatoms. The SMILES string of the molecule is Cc1cc(C)nc(COc2ccc(N)cc2)n1. The Balaban J connectivity index is 2.04. The molecule has 0 radical (unpaired) electrons. The summed E-state index contributed by atoms with van der Waals surface area (Å²) in [4.78, 5) is 8.61. The van der Waals surface area contributed by atoms with Gasteiger partial charge < -0.3 is 10.5 Å². The van der Waals surface area contributed by atoms with Gasteiger partial charge in [0, 0.05) is 17.1 Å². The summed E-state index contributed by atoms with van der Waals surface area (Å²) in [6, 6.07) is 9.21. The number of hydrogen-bond acceptors (Lipinski definition) is 4. The van der Waals surface area contributed by atoms with Crippen molar-refractivity contribution in [1.29, 1.82) is 0 Å². The molecular weight excluding hydrogens is 214 g/mol. The van der Waals surface area contributed by atoms with E-state index in [-0.39, 0.29) is 0 Å². The first-order chi connectivity index (χ1) is 8.13. The van der Waals surface area contributed by atoms with E-state index in [2.05, 4.69) is 9.97 Å². The van der Waals surface area contributed by atoms with Crippen LogP contribution in [0.25, 0.3) is 0 Å². The number of aryl methyl sites for hydroxylation is 2. The molecule has 0 aliphatic heterocycles. The Morgan fingerprint density at radius 3 is 2.24 bits per heavy atom. The molecule has 1 heterocycles. The van der Waals surface area contributed by atoms with Crippen LogP contribution >= 0.6 is 0 Å². The fraction of sp³-hybridized carbons (Fsp3) is 0.231. The molecule has 0 aliphatic rings. The first-order valence-electron chi connectivity index (χ1n) is 5.43. The van der Waals surface area contributed by atoms with Crippen LogP contribution < -0.4 is 10.5 Å². The molecule has 2 rings (SSSR count). The van der Waals surface area contributed by atoms with E-state index in [0.717, 1.165) is 22.8 Å². The lowest BCUT2D eigenvalue weighted by molar-refractivity contribution is 0.295. The maximum Gasteiger partial charge on any atom is 0.166 e. The number of ether oxygens (including phenoxy) is 1. The minimum absolute atomic E-state index is 0.367. The number of benzene rings is 1. The molecule has 88 valence electrons. The number of nitrogens with zero attached hydrogens (tertiary/aromatic N) is 2. The Labute approximate surface area is 100 Å². The van der Waals surface area contributed by atoms with Gasteiger partial charge in [0.1, 0.15) is 12.4 Å². The fourth-order valence-electron chi connectivity index (χ4n) is 1.58. The summed E-state index contributed by atoms with van der Waals surface area (Å²) in [5.41, 5.74) is 8.22. The maximum atomic E-state index is 5.59. The zero-order valence-electron chi connectivity index (χ0n) is 9.97. The molecule has 0 bridgehead atoms. The summed E-state index contributed by atoms with van der Waals surface area (Å²) < 4.78 is 5.58. The van der Waals surface area contributed by atoms with Crippen LogP contribution in [0.15, 0.2) is 30.3 Å². The average Bonchev–Trinajstić information content (AvgIpc) is 2.27. The quantitative estimate of drug-likeness (QED) is 0.820. The van der Waals surface area contributed by atoms with Gasteiger partial charge in [0.15, 0.2) is 5.82 Å². The zero-order valence-corrected chi connectivity index (χ0v) is 9.97. The molecule has 0 amide bonds. The number of nitrogens with two attached hydrogens (primary N) is 1. The summed E-state index contributed by atoms with van der Waals surface area (Å²) in [6.45, 7) is 4.26. The van der Waals surface area contributed by atoms with Gasteiger partial charge in [-0.05, 0) is 44.2 Å². The third-order valence-electron chi connectivity index (χ3n) is 2.28. The van der Waals surface area contributed by atoms with Crippen LogP contribution in [0.3, 0.4) is 0 Å². The highest BCUT2D eigenvalue weighted by molar-refractivity contribution is 5.41. The number of nitrogen functional groups attached to an aromatic ring is 1. The summed E-state index contributed by atoms with van der Waals surface area (Å²) in [6.07, 6.45) is 0. The third-order valence-corrected chi connectivity index (χ3v) is 2.28. The summed E-state index contributed by atoms with van der Waals surface area (Å²) in [5, 5.41) is 0. The number of anilines is 1. The molecule has 0 saturated heterocycles. The Morgan fingerprint density at radius 2 is 1.65 bits per heavy atom. The molecule has 0 unspecified atom stereocenters. The minimum atomic E-state index is 0.367. The topological polar surface area (TPSA) is 61.0 Å². The Hall–Kier alpha value is -2.10. The highest BCUT2D eigenvalue weighted by Crippen LogP contribution is 2.14. The van der Waals surface area contributed by atoms with Crippen LogP contribution in [0.1, 0.15) is 17.2 Å². The minimum Gasteiger partial charge on any atom is -0.486 e. The van der Waals surface area contributed by atoms with E-state index < -0.39 is 0 Å². The van der Waals surface area contributed by atoms with Crippen LogP contribution in [-0.2, 0) is 6.61 Å². The van der Waals surface area contributed by atoms with Crippen molar-refractivity contribution in [1.82, 2.24) is 9.97 Å². The highest BCUT2D eigenvalue weighted by Gasteiger charge is 2.01. The maximum absolute atomic E-state index is 5.59. The van der Waals surface area contributed by atoms with E-state index in [4.69, 9.17) is 10.5 Å². The first kappa shape index (κ1) is 11.4. The molecule has 0 atom stereocenters. The molecule has 0 spiro atoms. The van der Waals surface area contributed by atoms with Crippen molar-refractivity contribution in [2.75, 3.05) is 5.73 Å². The number of aromatic nitrogens is 2. The van der Waals surface area contributed by atoms with Gasteiger partial charge in [0.25, 0.3) is 0 Å². The van der Waals surface area contributed by atoms with Crippen molar-refractivity contribution in [2.24, 2.45) is 0 Å². The lowest BCUT2D eigenvalue weighted by Gasteiger charge is -2.06. The van der Waals surface area contributed by atoms with Gasteiger partial charge in [-0.3, -0.25) is 0 Å². The summed E-state index contributed by atoms with van der Waals surface area (Å²) in [7, 11) is 0. The molecule has 1 aromatic carbocycles. The molecule has 2 N–H and O–H groups in total. The van der Waals surface area contributed by atoms with Crippen molar-refractivity contribution < 1.29 is 4.74 Å². The Morgan fingerprint density at radius 1 is 1.06 bits per heavy atom. The molecule has 1 aromatic heterocycles. The Kier molecular flexibility index (Phi) is 3.23. The number of hydrogen-bond donors (Lipinski definition) is 1.